The molecule has 3 saturated heterocycles. The second-order valence-electron chi connectivity index (χ2n) is 33.9. The molecule has 0 radical (unpaired) electrons. The lowest BCUT2D eigenvalue weighted by Gasteiger charge is -2.43. The van der Waals surface area contributed by atoms with Crippen LogP contribution < -0.4 is 42.3 Å². The number of hydrazone groups is 2. The average molecular weight is 1890 g/mol. The maximum atomic E-state index is 13.9. The number of aromatic hydroxyl groups is 6. The summed E-state index contributed by atoms with van der Waals surface area (Å²) in [5, 5.41) is 182. The molecule has 15 unspecified atom stereocenters. The molecule has 6 aromatic carbocycles. The molecule has 6 aromatic rings. The quantitative estimate of drug-likeness (QED) is 0.0242. The molecular formula is C92H107N7O36. The zero-order chi connectivity index (χ0) is 99.1. The van der Waals surface area contributed by atoms with Crippen molar-refractivity contribution in [1.82, 2.24) is 10.9 Å². The first-order chi connectivity index (χ1) is 63.9. The molecule has 0 bridgehead atoms. The minimum Gasteiger partial charge on any atom is -0.507 e. The smallest absolute Gasteiger partial charge is 0.303 e. The van der Waals surface area contributed by atoms with Crippen molar-refractivity contribution < 1.29 is 177 Å². The van der Waals surface area contributed by atoms with Crippen molar-refractivity contribution in [2.75, 3.05) is 41.2 Å². The van der Waals surface area contributed by atoms with Gasteiger partial charge in [-0.25, -0.2) is 10.9 Å². The number of carbonyl (C=O) groups excluding carboxylic acids is 10. The molecule has 3 aliphatic heterocycles. The third-order valence-corrected chi connectivity index (χ3v) is 25.4. The van der Waals surface area contributed by atoms with Gasteiger partial charge in [-0.05, 0) is 45.9 Å². The molecule has 6 aliphatic carbocycles. The number of nitrogens with two attached hydrogens (primary N) is 3. The summed E-state index contributed by atoms with van der Waals surface area (Å²) in [6, 6.07) is 10.7. The van der Waals surface area contributed by atoms with Gasteiger partial charge < -0.3 is 146 Å². The number of aliphatic hydroxyl groups excluding tert-OH is 6. The maximum Gasteiger partial charge on any atom is 0.303 e. The van der Waals surface area contributed by atoms with Crippen LogP contribution in [0.25, 0.3) is 0 Å². The Morgan fingerprint density at radius 3 is 0.970 bits per heavy atom. The number of carboxylic acids is 1. The molecule has 135 heavy (non-hydrogen) atoms. The predicted octanol–water partition coefficient (Wildman–Crippen LogP) is 1.07. The summed E-state index contributed by atoms with van der Waals surface area (Å²) in [7, 11) is 3.94. The monoisotopic (exact) mass is 1890 g/mol. The van der Waals surface area contributed by atoms with Crippen LogP contribution in [-0.4, -0.2) is 289 Å². The van der Waals surface area contributed by atoms with Crippen molar-refractivity contribution in [3.8, 4) is 51.7 Å². The number of hydrogen-bond acceptors (Lipinski definition) is 40. The van der Waals surface area contributed by atoms with Crippen molar-refractivity contribution >= 4 is 75.5 Å². The number of fused-ring (bicyclic) bond motifs is 9. The highest BCUT2D eigenvalue weighted by atomic mass is 16.7. The van der Waals surface area contributed by atoms with Gasteiger partial charge in [-0.3, -0.25) is 47.9 Å². The number of rotatable bonds is 23. The van der Waals surface area contributed by atoms with Crippen LogP contribution >= 0.6 is 0 Å². The van der Waals surface area contributed by atoms with E-state index in [0.717, 1.165) is 0 Å². The van der Waals surface area contributed by atoms with Crippen LogP contribution in [0.2, 0.25) is 0 Å². The van der Waals surface area contributed by atoms with Crippen molar-refractivity contribution in [3.63, 3.8) is 0 Å². The van der Waals surface area contributed by atoms with E-state index in [0.29, 0.717) is 0 Å². The fraction of sp³-hybridized carbons (Fsp3) is 0.467. The normalized spacial score (nSPS) is 27.5. The van der Waals surface area contributed by atoms with E-state index in [2.05, 4.69) is 21.1 Å². The molecular weight excluding hydrogens is 1780 g/mol. The van der Waals surface area contributed by atoms with Crippen molar-refractivity contribution in [3.05, 3.63) is 155 Å². The van der Waals surface area contributed by atoms with Crippen molar-refractivity contribution in [1.29, 1.82) is 0 Å². The molecule has 0 spiro atoms. The standard InChI is InChI=1S/C32H37N3O12.C31H35N3O13.C27H29NO11.C2H6/c1-13(37)7-8-21(38)35-34-20(12-36)32(44)10-16-24(19(11-32)47-22-9-17(33)27(39)14(2)46-22)31(43)26-25(29(16)41)28(40)15-5-4-6-18(45-3)23(15)30(26)42;1-12-26(39)15(32)8-21(46-12)47-17-10-31(44,18(11-35)33-34-19(36)6-7-20(37)38)9-14-23(17)30(43)25-24(28(14)41)27(40)13-4-3-5-16(45-2)22(13)29(25)42;1-10-22(31)13(28)6-17(38-10)39-15-8-27(36,16(30)9-29)7-12-19(15)26(35)21-20(24(12)33)23(32)11-4-3-5-14(37-2)18(11)25(21)34;1-2/h4-6,14,17,19,22,27,36,39,41,43-44H,7-12,33H2,1-3H3,(H,35,38);3-5,12,15,17,21,26,35,39,41,43-44H,6-11,32H2,1-2H3,(H,34,36)(H,37,38);3-5,10,13,15,17,22,29,31,33,35-36H,6-9,28H2,1-2H3;1-2H3/b34-20+;33-18-;;/t14?,17?,19?,22?,27?,32-;12?,15?,17?,21?,26?,31-;10?,13?,15?,17?,22?,27-;/m000./s1. The number of benzene rings is 6. The van der Waals surface area contributed by atoms with E-state index in [1.54, 1.807) is 20.8 Å². The Bertz CT molecular complexity index is 5560. The highest BCUT2D eigenvalue weighted by Crippen LogP contribution is 2.58. The summed E-state index contributed by atoms with van der Waals surface area (Å²) >= 11 is 0. The number of phenolic OH excluding ortho intramolecular Hbond substituents is 6. The second-order valence-corrected chi connectivity index (χ2v) is 33.9. The molecule has 43 nitrogen and oxygen atoms in total. The Hall–Kier alpha value is -12.1. The van der Waals surface area contributed by atoms with E-state index in [-0.39, 0.29) is 128 Å². The van der Waals surface area contributed by atoms with Crippen molar-refractivity contribution in [2.24, 2.45) is 27.4 Å². The van der Waals surface area contributed by atoms with Crippen LogP contribution in [0.5, 0.6) is 51.7 Å². The third kappa shape index (κ3) is 19.2. The Morgan fingerprint density at radius 1 is 0.422 bits per heavy atom. The molecule has 15 rings (SSSR count). The first-order valence-corrected chi connectivity index (χ1v) is 43.2. The fourth-order valence-corrected chi connectivity index (χ4v) is 18.4. The van der Waals surface area contributed by atoms with Gasteiger partial charge in [0.2, 0.25) is 29.2 Å². The number of nitrogens with zero attached hydrogens (tertiary/aromatic N) is 2. The Balaban J connectivity index is 0.000000181. The number of carboxylic acid groups (broad SMARTS) is 1. The van der Waals surface area contributed by atoms with E-state index in [9.17, 15) is 129 Å². The molecule has 0 aromatic heterocycles. The molecule has 2 amide bonds. The molecule has 726 valence electrons. The van der Waals surface area contributed by atoms with Crippen LogP contribution in [-0.2, 0) is 71.7 Å². The average Bonchev–Trinajstić information content (AvgIpc) is 0.716. The number of Topliss-reactive ketones (excluding diaryl/α,β-unsaturated/α-hetero) is 2. The van der Waals surface area contributed by atoms with E-state index in [4.69, 9.17) is 64.9 Å². The first kappa shape index (κ1) is 102. The molecule has 3 heterocycles. The summed E-state index contributed by atoms with van der Waals surface area (Å²) in [6.45, 7) is 7.21. The topological polar surface area (TPSA) is 721 Å². The molecule has 24 N–H and O–H groups in total. The lowest BCUT2D eigenvalue weighted by atomic mass is 9.71. The number of nitrogens with one attached hydrogen (secondary N) is 2. The number of amides is 2. The number of ether oxygens (including phenoxy) is 9. The first-order valence-electron chi connectivity index (χ1n) is 43.2. The molecule has 0 saturated carbocycles. The van der Waals surface area contributed by atoms with Crippen molar-refractivity contribution in [2.45, 2.75) is 234 Å². The van der Waals surface area contributed by atoms with Gasteiger partial charge in [-0.1, -0.05) is 50.2 Å². The zero-order valence-electron chi connectivity index (χ0n) is 74.6. The van der Waals surface area contributed by atoms with Gasteiger partial charge >= 0.3 is 5.97 Å². The highest BCUT2D eigenvalue weighted by molar-refractivity contribution is 6.34. The molecule has 43 heteroatoms. The van der Waals surface area contributed by atoms with Crippen LogP contribution in [0.1, 0.15) is 253 Å². The fourth-order valence-electron chi connectivity index (χ4n) is 18.4. The van der Waals surface area contributed by atoms with Gasteiger partial charge in [0.15, 0.2) is 42.0 Å². The SMILES string of the molecule is CC.COc1cccc2c1C(=O)c1c(O)c3c(c(O)c1C2=O)C[C@@](O)(/C(CO)=N/NC(=O)CCC(C)=O)CC3OC1CC(N)C(O)C(C)O1.COc1cccc2c1C(=O)c1c(O)c3c(c(O)c1C2=O)C[C@@](O)(/C(CO)=N\NC(=O)CCC(=O)O)CC3OC1CC(N)C(O)C(C)O1.COc1cccc2c1C(=O)c1c(O)c3c(c(O)c1C2=O)C[C@@](O)(C(=O)CO)CC3OC1CC(N)C(O)C(C)O1. The Labute approximate surface area is 768 Å². The number of methoxy groups -OCH3 is 3. The lowest BCUT2D eigenvalue weighted by molar-refractivity contribution is -0.247. The minimum atomic E-state index is -2.24. The van der Waals surface area contributed by atoms with Crippen LogP contribution in [0, 0.1) is 0 Å². The van der Waals surface area contributed by atoms with Gasteiger partial charge in [0.25, 0.3) is 0 Å². The van der Waals surface area contributed by atoms with Gasteiger partial charge in [0, 0.05) is 145 Å². The van der Waals surface area contributed by atoms with E-state index in [1.807, 2.05) is 13.8 Å². The van der Waals surface area contributed by atoms with E-state index < -0.39 is 312 Å². The number of carbonyl (C=O) groups is 11. The number of phenols is 6. The summed E-state index contributed by atoms with van der Waals surface area (Å²) in [6.07, 6.45) is -17.0. The lowest BCUT2D eigenvalue weighted by Crippen LogP contribution is -2.53. The van der Waals surface area contributed by atoms with Crippen LogP contribution in [0.15, 0.2) is 64.8 Å². The minimum absolute atomic E-state index is 0.0113. The van der Waals surface area contributed by atoms with Gasteiger partial charge in [0.05, 0.1) is 157 Å². The molecule has 3 fully saturated rings. The summed E-state index contributed by atoms with van der Waals surface area (Å²) in [4.78, 5) is 142. The molecule has 9 aliphatic rings. The van der Waals surface area contributed by atoms with Crippen LogP contribution in [0.4, 0.5) is 0 Å². The number of aliphatic carboxylic acids is 1. The van der Waals surface area contributed by atoms with E-state index in [1.165, 1.54) is 82.9 Å². The third-order valence-electron chi connectivity index (χ3n) is 25.4. The maximum absolute atomic E-state index is 13.9. The molecule has 18 atom stereocenters. The van der Waals surface area contributed by atoms with E-state index >= 15 is 0 Å². The summed E-state index contributed by atoms with van der Waals surface area (Å²) < 4.78 is 51.5. The highest BCUT2D eigenvalue weighted by Gasteiger charge is 2.55. The van der Waals surface area contributed by atoms with Crippen LogP contribution in [0.3, 0.4) is 0 Å². The number of hydrogen-bond donors (Lipinski definition) is 21. The van der Waals surface area contributed by atoms with Gasteiger partial charge in [-0.15, -0.1) is 0 Å². The Kier molecular flexibility index (Phi) is 30.8. The van der Waals surface area contributed by atoms with Gasteiger partial charge in [0.1, 0.15) is 80.9 Å². The number of aliphatic hydroxyl groups is 9. The largest absolute Gasteiger partial charge is 0.507 e. The van der Waals surface area contributed by atoms with Gasteiger partial charge in [-0.2, -0.15) is 10.2 Å². The predicted molar refractivity (Wildman–Crippen MR) is 465 cm³/mol. The zero-order valence-corrected chi connectivity index (χ0v) is 74.6. The summed E-state index contributed by atoms with van der Waals surface area (Å²) in [5.74, 6) is -12.6. The Morgan fingerprint density at radius 2 is 0.704 bits per heavy atom. The second kappa shape index (κ2) is 40.8. The number of ketones is 8. The summed E-state index contributed by atoms with van der Waals surface area (Å²) in [5.41, 5.74) is 10.7.